The summed E-state index contributed by atoms with van der Waals surface area (Å²) in [6.07, 6.45) is 3.98. The Morgan fingerprint density at radius 3 is 2.31 bits per heavy atom. The van der Waals surface area contributed by atoms with E-state index in [2.05, 4.69) is 12.1 Å². The second-order valence-electron chi connectivity index (χ2n) is 8.40. The molecular formula is C28H21N3O. The highest BCUT2D eigenvalue weighted by Crippen LogP contribution is 2.52. The number of rotatable bonds is 3. The largest absolute Gasteiger partial charge is 0.351 e. The van der Waals surface area contributed by atoms with Crippen molar-refractivity contribution in [2.24, 2.45) is 5.92 Å². The molecule has 0 radical (unpaired) electrons. The number of benzene rings is 3. The average Bonchev–Trinajstić information content (AvgIpc) is 3.15. The van der Waals surface area contributed by atoms with E-state index < -0.39 is 23.4 Å². The fraction of sp³-hybridized carbons (Fsp3) is 0.179. The Kier molecular flexibility index (Phi) is 4.65. The number of nitriles is 2. The lowest BCUT2D eigenvalue weighted by molar-refractivity contribution is 0.0947. The third kappa shape index (κ3) is 2.70. The molecule has 0 bridgehead atoms. The molecule has 3 aromatic carbocycles. The molecule has 0 N–H and O–H groups in total. The number of nitrogens with zero attached hydrogens (tertiary/aromatic N) is 3. The summed E-state index contributed by atoms with van der Waals surface area (Å²) in [6, 6.07) is 28.3. The van der Waals surface area contributed by atoms with Gasteiger partial charge in [0, 0.05) is 11.3 Å². The van der Waals surface area contributed by atoms with Crippen LogP contribution in [0.25, 0.3) is 6.08 Å². The molecule has 0 aromatic heterocycles. The van der Waals surface area contributed by atoms with Crippen molar-refractivity contribution in [1.82, 2.24) is 0 Å². The van der Waals surface area contributed by atoms with Crippen molar-refractivity contribution in [2.75, 3.05) is 4.90 Å². The van der Waals surface area contributed by atoms with Crippen LogP contribution in [0.5, 0.6) is 0 Å². The normalized spacial score (nSPS) is 25.3. The summed E-state index contributed by atoms with van der Waals surface area (Å²) in [4.78, 5) is 15.8. The van der Waals surface area contributed by atoms with Gasteiger partial charge in [0.05, 0.1) is 24.1 Å². The third-order valence-electron chi connectivity index (χ3n) is 6.73. The van der Waals surface area contributed by atoms with Gasteiger partial charge in [0.1, 0.15) is 11.5 Å². The van der Waals surface area contributed by atoms with Gasteiger partial charge in [-0.1, -0.05) is 90.5 Å². The Morgan fingerprint density at radius 2 is 1.62 bits per heavy atom. The van der Waals surface area contributed by atoms with Crippen molar-refractivity contribution in [2.45, 2.75) is 24.4 Å². The Labute approximate surface area is 187 Å². The fourth-order valence-electron chi connectivity index (χ4n) is 5.19. The summed E-state index contributed by atoms with van der Waals surface area (Å²) in [7, 11) is 0. The summed E-state index contributed by atoms with van der Waals surface area (Å²) in [5, 5.41) is 21.0. The first kappa shape index (κ1) is 19.8. The Hall–Kier alpha value is -4.15. The maximum Gasteiger partial charge on any atom is 0.186 e. The molecule has 0 saturated carbocycles. The number of hydrogen-bond donors (Lipinski definition) is 0. The quantitative estimate of drug-likeness (QED) is 0.561. The Balaban J connectivity index is 1.77. The summed E-state index contributed by atoms with van der Waals surface area (Å²) < 4.78 is 0. The van der Waals surface area contributed by atoms with E-state index in [4.69, 9.17) is 0 Å². The van der Waals surface area contributed by atoms with E-state index in [0.29, 0.717) is 5.56 Å². The first-order valence-corrected chi connectivity index (χ1v) is 10.6. The predicted octanol–water partition coefficient (Wildman–Crippen LogP) is 5.06. The zero-order chi connectivity index (χ0) is 22.3. The van der Waals surface area contributed by atoms with Gasteiger partial charge in [0.25, 0.3) is 0 Å². The molecule has 4 heteroatoms. The van der Waals surface area contributed by atoms with E-state index in [1.807, 2.05) is 90.7 Å². The second-order valence-corrected chi connectivity index (χ2v) is 8.40. The maximum absolute atomic E-state index is 13.8. The lowest BCUT2D eigenvalue weighted by Crippen LogP contribution is -2.45. The summed E-state index contributed by atoms with van der Waals surface area (Å²) in [6.45, 7) is 1.99. The van der Waals surface area contributed by atoms with Crippen LogP contribution in [-0.2, 0) is 5.41 Å². The van der Waals surface area contributed by atoms with Gasteiger partial charge in [-0.3, -0.25) is 4.79 Å². The third-order valence-corrected chi connectivity index (χ3v) is 6.73. The van der Waals surface area contributed by atoms with Crippen molar-refractivity contribution in [3.63, 3.8) is 0 Å². The number of hydrogen-bond acceptors (Lipinski definition) is 4. The predicted molar refractivity (Wildman–Crippen MR) is 124 cm³/mol. The van der Waals surface area contributed by atoms with Crippen LogP contribution in [0.3, 0.4) is 0 Å². The molecule has 4 nitrogen and oxygen atoms in total. The smallest absolute Gasteiger partial charge is 0.186 e. The maximum atomic E-state index is 13.8. The number of ketones is 1. The molecule has 4 atom stereocenters. The molecule has 1 fully saturated rings. The Morgan fingerprint density at radius 1 is 0.938 bits per heavy atom. The highest BCUT2D eigenvalue weighted by atomic mass is 16.1. The number of aryl methyl sites for hydroxylation is 1. The van der Waals surface area contributed by atoms with E-state index in [1.165, 1.54) is 0 Å². The monoisotopic (exact) mass is 415 g/mol. The van der Waals surface area contributed by atoms with Gasteiger partial charge in [-0.25, -0.2) is 0 Å². The molecule has 2 aliphatic rings. The topological polar surface area (TPSA) is 67.9 Å². The summed E-state index contributed by atoms with van der Waals surface area (Å²) in [5.74, 6) is -0.986. The summed E-state index contributed by atoms with van der Waals surface area (Å²) >= 11 is 0. The molecule has 1 saturated heterocycles. The first-order chi connectivity index (χ1) is 15.6. The SMILES string of the molecule is Cc1ccc(C2(C#N)C(C#N)C(C(=O)c3ccccc3)N3c4ccccc4C=C[C@@H]32)cc1. The fourth-order valence-corrected chi connectivity index (χ4v) is 5.19. The number of carbonyl (C=O) groups excluding carboxylic acids is 1. The van der Waals surface area contributed by atoms with Crippen LogP contribution in [0, 0.1) is 35.5 Å². The van der Waals surface area contributed by atoms with E-state index in [1.54, 1.807) is 12.1 Å². The van der Waals surface area contributed by atoms with Crippen molar-refractivity contribution in [3.05, 3.63) is 107 Å². The number of fused-ring (bicyclic) bond motifs is 3. The minimum absolute atomic E-state index is 0.142. The van der Waals surface area contributed by atoms with Crippen molar-refractivity contribution >= 4 is 17.5 Å². The molecule has 154 valence electrons. The lowest BCUT2D eigenvalue weighted by atomic mass is 9.67. The van der Waals surface area contributed by atoms with Gasteiger partial charge in [-0.15, -0.1) is 0 Å². The molecule has 0 amide bonds. The number of anilines is 1. The molecule has 5 rings (SSSR count). The van der Waals surface area contributed by atoms with Gasteiger partial charge in [-0.2, -0.15) is 10.5 Å². The van der Waals surface area contributed by atoms with Crippen LogP contribution in [0.2, 0.25) is 0 Å². The molecule has 2 aliphatic heterocycles. The van der Waals surface area contributed by atoms with Gasteiger partial charge in [-0.05, 0) is 24.1 Å². The van der Waals surface area contributed by atoms with E-state index in [-0.39, 0.29) is 5.78 Å². The van der Waals surface area contributed by atoms with Crippen LogP contribution in [-0.4, -0.2) is 17.9 Å². The van der Waals surface area contributed by atoms with Gasteiger partial charge in [0.2, 0.25) is 0 Å². The standard InChI is InChI=1S/C28H21N3O/c1-19-11-14-22(15-12-19)28(18-30)23(17-29)26(27(32)21-8-3-2-4-9-21)31-24-10-6-5-7-20(24)13-16-25(28)31/h2-16,23,25-26H,1H3/t23?,25-,26?,28?/m1/s1. The highest BCUT2D eigenvalue weighted by Gasteiger charge is 2.63. The molecular weight excluding hydrogens is 394 g/mol. The highest BCUT2D eigenvalue weighted by molar-refractivity contribution is 6.04. The molecule has 3 unspecified atom stereocenters. The summed E-state index contributed by atoms with van der Waals surface area (Å²) in [5.41, 5.74) is 3.05. The van der Waals surface area contributed by atoms with Crippen LogP contribution in [0.15, 0.2) is 84.9 Å². The number of Topliss-reactive ketones (excluding diaryl/α,β-unsaturated/α-hetero) is 1. The zero-order valence-corrected chi connectivity index (χ0v) is 17.6. The van der Waals surface area contributed by atoms with Gasteiger partial charge in [0.15, 0.2) is 5.78 Å². The van der Waals surface area contributed by atoms with E-state index in [9.17, 15) is 15.3 Å². The van der Waals surface area contributed by atoms with Crippen molar-refractivity contribution in [1.29, 1.82) is 10.5 Å². The average molecular weight is 415 g/mol. The number of para-hydroxylation sites is 1. The minimum atomic E-state index is -1.18. The molecule has 0 aliphatic carbocycles. The number of carbonyl (C=O) groups is 1. The van der Waals surface area contributed by atoms with Crippen LogP contribution in [0.4, 0.5) is 5.69 Å². The van der Waals surface area contributed by atoms with Crippen molar-refractivity contribution < 1.29 is 4.79 Å². The van der Waals surface area contributed by atoms with E-state index >= 15 is 0 Å². The molecule has 3 aromatic rings. The van der Waals surface area contributed by atoms with Crippen molar-refractivity contribution in [3.8, 4) is 12.1 Å². The zero-order valence-electron chi connectivity index (χ0n) is 17.6. The molecule has 0 spiro atoms. The van der Waals surface area contributed by atoms with Gasteiger partial charge < -0.3 is 4.90 Å². The molecule has 2 heterocycles. The van der Waals surface area contributed by atoms with Gasteiger partial charge >= 0.3 is 0 Å². The second kappa shape index (κ2) is 7.52. The Bertz CT molecular complexity index is 1300. The van der Waals surface area contributed by atoms with Crippen LogP contribution >= 0.6 is 0 Å². The molecule has 32 heavy (non-hydrogen) atoms. The minimum Gasteiger partial charge on any atom is -0.351 e. The van der Waals surface area contributed by atoms with E-state index in [0.717, 1.165) is 22.4 Å². The first-order valence-electron chi connectivity index (χ1n) is 10.6. The van der Waals surface area contributed by atoms with Crippen LogP contribution in [0.1, 0.15) is 27.0 Å². The van der Waals surface area contributed by atoms with Crippen LogP contribution < -0.4 is 4.90 Å². The lowest BCUT2D eigenvalue weighted by Gasteiger charge is -2.37.